The van der Waals surface area contributed by atoms with E-state index in [1.165, 1.54) is 17.7 Å². The third-order valence-electron chi connectivity index (χ3n) is 11.1. The molecule has 0 aliphatic carbocycles. The quantitative estimate of drug-likeness (QED) is 0.0537. The van der Waals surface area contributed by atoms with Crippen molar-refractivity contribution >= 4 is 22.8 Å². The zero-order valence-electron chi connectivity index (χ0n) is 33.2. The molecule has 1 aromatic heterocycles. The molecule has 6 aromatic rings. The number of hydrogen-bond acceptors (Lipinski definition) is 9. The lowest BCUT2D eigenvalue weighted by Gasteiger charge is -2.28. The molecule has 0 saturated carbocycles. The van der Waals surface area contributed by atoms with Crippen LogP contribution in [0.4, 0.5) is 0 Å². The predicted octanol–water partition coefficient (Wildman–Crippen LogP) is 5.64. The second-order valence-corrected chi connectivity index (χ2v) is 15.4. The van der Waals surface area contributed by atoms with E-state index in [0.717, 1.165) is 37.2 Å². The van der Waals surface area contributed by atoms with Crippen molar-refractivity contribution in [2.75, 3.05) is 32.8 Å². The molecule has 2 heterocycles. The van der Waals surface area contributed by atoms with Gasteiger partial charge in [-0.05, 0) is 90.4 Å². The van der Waals surface area contributed by atoms with Crippen molar-refractivity contribution in [3.8, 4) is 11.5 Å². The second kappa shape index (κ2) is 19.2. The zero-order valence-corrected chi connectivity index (χ0v) is 33.2. The molecule has 0 radical (unpaired) electrons. The Morgan fingerprint density at radius 3 is 2.48 bits per heavy atom. The third-order valence-corrected chi connectivity index (χ3v) is 11.1. The molecule has 5 aromatic carbocycles. The minimum atomic E-state index is -2.29. The minimum Gasteiger partial charge on any atom is -0.506 e. The summed E-state index contributed by atoms with van der Waals surface area (Å²) >= 11 is 0. The Labute approximate surface area is 348 Å². The first-order chi connectivity index (χ1) is 29.1. The summed E-state index contributed by atoms with van der Waals surface area (Å²) in [6, 6.07) is 37.3. The normalized spacial score (nSPS) is 15.7. The molecule has 1 saturated heterocycles. The van der Waals surface area contributed by atoms with E-state index in [0.29, 0.717) is 59.7 Å². The summed E-state index contributed by atoms with van der Waals surface area (Å²) < 4.78 is 5.96. The van der Waals surface area contributed by atoms with E-state index in [9.17, 15) is 34.8 Å². The van der Waals surface area contributed by atoms with Gasteiger partial charge in [0.05, 0.1) is 18.2 Å². The van der Waals surface area contributed by atoms with Crippen LogP contribution in [0.2, 0.25) is 0 Å². The number of fused-ring (bicyclic) bond motifs is 1. The lowest BCUT2D eigenvalue weighted by molar-refractivity contribution is -0.155. The van der Waals surface area contributed by atoms with Crippen LogP contribution in [-0.4, -0.2) is 75.0 Å². The molecule has 12 nitrogen and oxygen atoms in total. The van der Waals surface area contributed by atoms with Gasteiger partial charge >= 0.3 is 5.97 Å². The number of nitrogens with zero attached hydrogens (tertiary/aromatic N) is 1. The number of benzene rings is 5. The van der Waals surface area contributed by atoms with Gasteiger partial charge in [0.15, 0.2) is 0 Å². The van der Waals surface area contributed by atoms with Gasteiger partial charge in [0.2, 0.25) is 11.2 Å². The first-order valence-corrected chi connectivity index (χ1v) is 20.2. The Hall–Kier alpha value is -6.31. The molecule has 7 rings (SSSR count). The highest BCUT2D eigenvalue weighted by Gasteiger charge is 2.42. The molecule has 1 aliphatic rings. The molecular weight excluding hydrogens is 761 g/mol. The van der Waals surface area contributed by atoms with Gasteiger partial charge in [-0.3, -0.25) is 14.5 Å². The maximum Gasteiger partial charge on any atom is 0.345 e. The number of likely N-dealkylation sites (tertiary alicyclic amines) is 1. The second-order valence-electron chi connectivity index (χ2n) is 15.4. The topological polar surface area (TPSA) is 184 Å². The summed E-state index contributed by atoms with van der Waals surface area (Å²) in [5, 5.41) is 50.1. The summed E-state index contributed by atoms with van der Waals surface area (Å²) in [6.07, 6.45) is 1.24. The van der Waals surface area contributed by atoms with Gasteiger partial charge in [0.25, 0.3) is 5.91 Å². The number of carbonyl (C=O) groups excluding carboxylic acids is 1. The lowest BCUT2D eigenvalue weighted by atomic mass is 9.81. The maximum absolute atomic E-state index is 12.9. The highest BCUT2D eigenvalue weighted by atomic mass is 16.5. The first kappa shape index (κ1) is 41.8. The van der Waals surface area contributed by atoms with Crippen LogP contribution in [-0.2, 0) is 29.9 Å². The van der Waals surface area contributed by atoms with E-state index in [-0.39, 0.29) is 41.4 Å². The Balaban J connectivity index is 0.875. The van der Waals surface area contributed by atoms with Crippen molar-refractivity contribution in [1.82, 2.24) is 20.5 Å². The van der Waals surface area contributed by atoms with E-state index in [2.05, 4.69) is 32.7 Å². The van der Waals surface area contributed by atoms with E-state index in [4.69, 9.17) is 4.74 Å². The molecule has 3 atom stereocenters. The summed E-state index contributed by atoms with van der Waals surface area (Å²) in [7, 11) is 0. The van der Waals surface area contributed by atoms with Crippen molar-refractivity contribution in [2.45, 2.75) is 44.1 Å². The Morgan fingerprint density at radius 2 is 1.68 bits per heavy atom. The fraction of sp³-hybridized carbons (Fsp3) is 0.271. The average molecular weight is 811 g/mol. The van der Waals surface area contributed by atoms with Crippen molar-refractivity contribution < 1.29 is 34.8 Å². The van der Waals surface area contributed by atoms with Gasteiger partial charge < -0.3 is 40.8 Å². The molecule has 0 bridgehead atoms. The van der Waals surface area contributed by atoms with Crippen LogP contribution in [0, 0.1) is 5.92 Å². The highest BCUT2D eigenvalue weighted by molar-refractivity contribution is 5.94. The van der Waals surface area contributed by atoms with Gasteiger partial charge in [-0.2, -0.15) is 0 Å². The van der Waals surface area contributed by atoms with Crippen LogP contribution in [0.15, 0.2) is 132 Å². The molecule has 1 aliphatic heterocycles. The molecule has 310 valence electrons. The summed E-state index contributed by atoms with van der Waals surface area (Å²) in [5.74, 6) is -0.940. The van der Waals surface area contributed by atoms with Crippen LogP contribution in [0.25, 0.3) is 10.9 Å². The van der Waals surface area contributed by atoms with Gasteiger partial charge in [0.1, 0.15) is 11.5 Å². The fourth-order valence-electron chi connectivity index (χ4n) is 7.98. The number of H-pyrrole nitrogens is 1. The number of phenolic OH excluding ortho intramolecular Hbond substituents is 1. The number of amides is 1. The third kappa shape index (κ3) is 9.92. The number of aliphatic hydroxyl groups is 2. The predicted molar refractivity (Wildman–Crippen MR) is 229 cm³/mol. The number of carboxylic acid groups (broad SMARTS) is 1. The highest BCUT2D eigenvalue weighted by Crippen LogP contribution is 2.36. The first-order valence-electron chi connectivity index (χ1n) is 20.2. The number of aliphatic carboxylic acids is 1. The number of aromatic hydroxyl groups is 1. The number of nitrogens with one attached hydrogen (secondary N) is 3. The number of ether oxygens (including phenoxy) is 1. The van der Waals surface area contributed by atoms with E-state index >= 15 is 0 Å². The number of aromatic nitrogens is 1. The van der Waals surface area contributed by atoms with Gasteiger partial charge in [0, 0.05) is 60.9 Å². The molecule has 12 heteroatoms. The zero-order chi connectivity index (χ0) is 42.1. The molecule has 60 heavy (non-hydrogen) atoms. The maximum atomic E-state index is 12.9. The van der Waals surface area contributed by atoms with Crippen LogP contribution in [0.1, 0.15) is 62.7 Å². The van der Waals surface area contributed by atoms with Gasteiger partial charge in [-0.1, -0.05) is 84.9 Å². The van der Waals surface area contributed by atoms with E-state index < -0.39 is 17.7 Å². The van der Waals surface area contributed by atoms with E-state index in [1.807, 2.05) is 42.5 Å². The molecular formula is C48H50N4O8. The Morgan fingerprint density at radius 1 is 0.900 bits per heavy atom. The van der Waals surface area contributed by atoms with Crippen molar-refractivity contribution in [3.05, 3.63) is 177 Å². The minimum absolute atomic E-state index is 0.0711. The number of hydrogen-bond donors (Lipinski definition) is 7. The largest absolute Gasteiger partial charge is 0.506 e. The number of carboxylic acids is 1. The number of pyridine rings is 1. The Kier molecular flexibility index (Phi) is 13.4. The molecule has 1 fully saturated rings. The summed E-state index contributed by atoms with van der Waals surface area (Å²) in [6.45, 7) is 3.98. The molecule has 0 spiro atoms. The summed E-state index contributed by atoms with van der Waals surface area (Å²) in [4.78, 5) is 42.5. The molecule has 0 unspecified atom stereocenters. The average Bonchev–Trinajstić information content (AvgIpc) is 3.70. The van der Waals surface area contributed by atoms with Crippen LogP contribution in [0.5, 0.6) is 11.5 Å². The number of rotatable bonds is 18. The molecule has 1 amide bonds. The Bertz CT molecular complexity index is 2470. The number of aliphatic hydroxyl groups excluding tert-OH is 1. The molecule has 7 N–H and O–H groups in total. The van der Waals surface area contributed by atoms with Gasteiger partial charge in [-0.25, -0.2) is 4.79 Å². The fourth-order valence-corrected chi connectivity index (χ4v) is 7.98. The van der Waals surface area contributed by atoms with Crippen LogP contribution >= 0.6 is 0 Å². The summed E-state index contributed by atoms with van der Waals surface area (Å²) in [5.41, 5.74) is 2.23. The number of phenols is 1. The monoisotopic (exact) mass is 810 g/mol. The smallest absolute Gasteiger partial charge is 0.345 e. The number of aromatic amines is 1. The SMILES string of the molecule is O=C(NCCCOc1cccc([C@@](O)(C(=O)O)c2ccccc2C[C@H]2CCN(Cc3ccccc3)C2)c1)c1ccc(CNC[C@H](O)c2ccc(O)c3[nH]c(=O)ccc23)cc1. The van der Waals surface area contributed by atoms with Crippen molar-refractivity contribution in [2.24, 2.45) is 5.92 Å². The standard InChI is InChI=1S/C48H50N4O8/c53-42-20-18-39(40-19-21-44(55)51-45(40)42)43(54)29-49-28-32-14-16-35(17-15-32)46(56)50-23-7-25-60-38-12-6-11-37(27-38)48(59,47(57)58)41-13-5-4-10-36(41)26-34-22-24-52(31-34)30-33-8-2-1-3-9-33/h1-6,8-21,27,34,43,49,53-54,59H,7,22-26,28-31H2,(H,50,56)(H,51,55)(H,57,58)/t34-,43+,48+/m1/s1. The van der Waals surface area contributed by atoms with Crippen LogP contribution < -0.4 is 20.9 Å². The van der Waals surface area contributed by atoms with Crippen molar-refractivity contribution in [1.29, 1.82) is 0 Å². The van der Waals surface area contributed by atoms with Crippen LogP contribution in [0.3, 0.4) is 0 Å². The van der Waals surface area contributed by atoms with Gasteiger partial charge in [-0.15, -0.1) is 0 Å². The number of carbonyl (C=O) groups is 2. The lowest BCUT2D eigenvalue weighted by Crippen LogP contribution is -2.38. The van der Waals surface area contributed by atoms with Crippen molar-refractivity contribution in [3.63, 3.8) is 0 Å². The van der Waals surface area contributed by atoms with E-state index in [1.54, 1.807) is 60.7 Å².